The van der Waals surface area contributed by atoms with Crippen molar-refractivity contribution in [2.45, 2.75) is 64.2 Å². The molecule has 0 aliphatic heterocycles. The van der Waals surface area contributed by atoms with Crippen LogP contribution in [-0.4, -0.2) is 26.2 Å². The third kappa shape index (κ3) is 4.02. The van der Waals surface area contributed by atoms with Gasteiger partial charge in [0.25, 0.3) is 0 Å². The van der Waals surface area contributed by atoms with Crippen LogP contribution in [-0.2, 0) is 19.1 Å². The average molecular weight is 310 g/mol. The van der Waals surface area contributed by atoms with Crippen molar-refractivity contribution in [1.29, 1.82) is 0 Å². The van der Waals surface area contributed by atoms with Gasteiger partial charge in [0.2, 0.25) is 0 Å². The molecule has 22 heavy (non-hydrogen) atoms. The van der Waals surface area contributed by atoms with Crippen molar-refractivity contribution in [3.05, 3.63) is 0 Å². The minimum absolute atomic E-state index is 0.215. The molecule has 4 nitrogen and oxygen atoms in total. The van der Waals surface area contributed by atoms with E-state index in [0.717, 1.165) is 51.4 Å². The van der Waals surface area contributed by atoms with E-state index in [0.29, 0.717) is 0 Å². The normalized spacial score (nSPS) is 23.5. The smallest absolute Gasteiger partial charge is 0.309 e. The molecule has 4 heteroatoms. The maximum atomic E-state index is 12.5. The summed E-state index contributed by atoms with van der Waals surface area (Å²) in [6.07, 6.45) is 11.2. The first-order chi connectivity index (χ1) is 10.7. The molecule has 2 unspecified atom stereocenters. The molecule has 2 aliphatic rings. The first-order valence-electron chi connectivity index (χ1n) is 8.84. The van der Waals surface area contributed by atoms with E-state index in [1.807, 2.05) is 0 Å². The lowest BCUT2D eigenvalue weighted by atomic mass is 9.67. The second-order valence-electron chi connectivity index (χ2n) is 6.89. The van der Waals surface area contributed by atoms with Crippen LogP contribution < -0.4 is 0 Å². The predicted octanol–water partition coefficient (Wildman–Crippen LogP) is 3.73. The Hall–Kier alpha value is -1.06. The summed E-state index contributed by atoms with van der Waals surface area (Å²) < 4.78 is 10.2. The first-order valence-corrected chi connectivity index (χ1v) is 8.84. The fraction of sp³-hybridized carbons (Fsp3) is 0.889. The Balaban J connectivity index is 2.24. The van der Waals surface area contributed by atoms with Gasteiger partial charge in [-0.2, -0.15) is 0 Å². The lowest BCUT2D eigenvalue weighted by Crippen LogP contribution is -2.42. The van der Waals surface area contributed by atoms with Crippen LogP contribution in [0, 0.1) is 23.7 Å². The molecule has 2 saturated carbocycles. The van der Waals surface area contributed by atoms with Gasteiger partial charge in [0, 0.05) is 0 Å². The Bertz CT molecular complexity index is 331. The van der Waals surface area contributed by atoms with Crippen LogP contribution in [0.25, 0.3) is 0 Å². The topological polar surface area (TPSA) is 52.6 Å². The van der Waals surface area contributed by atoms with Crippen molar-refractivity contribution in [3.8, 4) is 0 Å². The standard InChI is InChI=1S/C18H30O4/c1-21-17(19)15(13-9-5-3-6-10-13)16(18(20)22-2)14-11-7-4-8-12-14/h13-16H,3-12H2,1-2H3. The first kappa shape index (κ1) is 17.3. The van der Waals surface area contributed by atoms with E-state index in [9.17, 15) is 9.59 Å². The zero-order valence-corrected chi connectivity index (χ0v) is 14.0. The molecule has 0 spiro atoms. The van der Waals surface area contributed by atoms with Gasteiger partial charge in [-0.05, 0) is 37.5 Å². The van der Waals surface area contributed by atoms with Gasteiger partial charge in [0.05, 0.1) is 26.1 Å². The summed E-state index contributed by atoms with van der Waals surface area (Å²) in [6.45, 7) is 0. The minimum atomic E-state index is -0.319. The quantitative estimate of drug-likeness (QED) is 0.726. The SMILES string of the molecule is COC(=O)C(C1CCCCC1)C(C(=O)OC)C1CCCCC1. The van der Waals surface area contributed by atoms with E-state index in [2.05, 4.69) is 0 Å². The monoisotopic (exact) mass is 310 g/mol. The van der Waals surface area contributed by atoms with Crippen molar-refractivity contribution in [2.24, 2.45) is 23.7 Å². The fourth-order valence-electron chi connectivity index (χ4n) is 4.52. The Kier molecular flexibility index (Phi) is 6.71. The summed E-state index contributed by atoms with van der Waals surface area (Å²) in [5.41, 5.74) is 0. The van der Waals surface area contributed by atoms with Gasteiger partial charge < -0.3 is 9.47 Å². The Morgan fingerprint density at radius 1 is 0.682 bits per heavy atom. The molecule has 0 heterocycles. The average Bonchev–Trinajstić information content (AvgIpc) is 2.59. The van der Waals surface area contributed by atoms with Crippen LogP contribution in [0.4, 0.5) is 0 Å². The number of hydrogen-bond donors (Lipinski definition) is 0. The summed E-state index contributed by atoms with van der Waals surface area (Å²) in [6, 6.07) is 0. The van der Waals surface area contributed by atoms with Gasteiger partial charge >= 0.3 is 11.9 Å². The zero-order valence-electron chi connectivity index (χ0n) is 14.0. The molecule has 2 atom stereocenters. The molecular weight excluding hydrogens is 280 g/mol. The highest BCUT2D eigenvalue weighted by atomic mass is 16.5. The van der Waals surface area contributed by atoms with Crippen LogP contribution in [0.5, 0.6) is 0 Å². The van der Waals surface area contributed by atoms with E-state index in [-0.39, 0.29) is 35.6 Å². The third-order valence-electron chi connectivity index (χ3n) is 5.65. The number of esters is 2. The van der Waals surface area contributed by atoms with Crippen LogP contribution in [0.15, 0.2) is 0 Å². The van der Waals surface area contributed by atoms with Crippen LogP contribution >= 0.6 is 0 Å². The van der Waals surface area contributed by atoms with Crippen molar-refractivity contribution >= 4 is 11.9 Å². The molecule has 0 N–H and O–H groups in total. The summed E-state index contributed by atoms with van der Waals surface area (Å²) in [5.74, 6) is -0.526. The molecular formula is C18H30O4. The number of carbonyl (C=O) groups is 2. The Morgan fingerprint density at radius 3 is 1.27 bits per heavy atom. The molecule has 2 fully saturated rings. The second-order valence-corrected chi connectivity index (χ2v) is 6.89. The maximum absolute atomic E-state index is 12.5. The minimum Gasteiger partial charge on any atom is -0.469 e. The van der Waals surface area contributed by atoms with E-state index in [1.54, 1.807) is 0 Å². The van der Waals surface area contributed by atoms with Gasteiger partial charge in [0.15, 0.2) is 0 Å². The third-order valence-corrected chi connectivity index (χ3v) is 5.65. The number of ether oxygens (including phenoxy) is 2. The lowest BCUT2D eigenvalue weighted by molar-refractivity contribution is -0.164. The largest absolute Gasteiger partial charge is 0.469 e. The van der Waals surface area contributed by atoms with E-state index in [4.69, 9.17) is 9.47 Å². The predicted molar refractivity (Wildman–Crippen MR) is 84.2 cm³/mol. The van der Waals surface area contributed by atoms with E-state index >= 15 is 0 Å². The van der Waals surface area contributed by atoms with Gasteiger partial charge in [-0.15, -0.1) is 0 Å². The molecule has 0 aromatic rings. The van der Waals surface area contributed by atoms with Gasteiger partial charge in [0.1, 0.15) is 0 Å². The zero-order chi connectivity index (χ0) is 15.9. The molecule has 0 amide bonds. The van der Waals surface area contributed by atoms with Gasteiger partial charge in [-0.3, -0.25) is 9.59 Å². The maximum Gasteiger partial charge on any atom is 0.309 e. The summed E-state index contributed by atoms with van der Waals surface area (Å²) >= 11 is 0. The Labute approximate surface area is 133 Å². The molecule has 0 bridgehead atoms. The second kappa shape index (κ2) is 8.54. The molecule has 0 aromatic heterocycles. The van der Waals surface area contributed by atoms with Crippen LogP contribution in [0.2, 0.25) is 0 Å². The lowest BCUT2D eigenvalue weighted by Gasteiger charge is -2.37. The van der Waals surface area contributed by atoms with E-state index < -0.39 is 0 Å². The highest BCUT2D eigenvalue weighted by molar-refractivity contribution is 5.82. The highest BCUT2D eigenvalue weighted by Crippen LogP contribution is 2.42. The van der Waals surface area contributed by atoms with Crippen molar-refractivity contribution in [3.63, 3.8) is 0 Å². The molecule has 2 aliphatic carbocycles. The summed E-state index contributed by atoms with van der Waals surface area (Å²) in [7, 11) is 2.88. The van der Waals surface area contributed by atoms with Crippen molar-refractivity contribution < 1.29 is 19.1 Å². The van der Waals surface area contributed by atoms with E-state index in [1.165, 1.54) is 27.1 Å². The van der Waals surface area contributed by atoms with Gasteiger partial charge in [-0.1, -0.05) is 38.5 Å². The molecule has 0 aromatic carbocycles. The Morgan fingerprint density at radius 2 is 1.00 bits per heavy atom. The molecule has 126 valence electrons. The molecule has 0 radical (unpaired) electrons. The van der Waals surface area contributed by atoms with Crippen molar-refractivity contribution in [2.75, 3.05) is 14.2 Å². The number of rotatable bonds is 5. The summed E-state index contributed by atoms with van der Waals surface area (Å²) in [5, 5.41) is 0. The number of hydrogen-bond acceptors (Lipinski definition) is 4. The number of methoxy groups -OCH3 is 2. The highest BCUT2D eigenvalue weighted by Gasteiger charge is 2.45. The number of carbonyl (C=O) groups excluding carboxylic acids is 2. The summed E-state index contributed by atoms with van der Waals surface area (Å²) in [4.78, 5) is 25.0. The van der Waals surface area contributed by atoms with Gasteiger partial charge in [-0.25, -0.2) is 0 Å². The van der Waals surface area contributed by atoms with Crippen LogP contribution in [0.1, 0.15) is 64.2 Å². The van der Waals surface area contributed by atoms with Crippen LogP contribution in [0.3, 0.4) is 0 Å². The fourth-order valence-corrected chi connectivity index (χ4v) is 4.52. The van der Waals surface area contributed by atoms with Crippen molar-refractivity contribution in [1.82, 2.24) is 0 Å². The molecule has 0 saturated heterocycles. The molecule has 2 rings (SSSR count).